The number of nitrogens with two attached hydrogens (primary N) is 2. The molecule has 0 fully saturated rings. The summed E-state index contributed by atoms with van der Waals surface area (Å²) < 4.78 is 12.9. The second-order valence-electron chi connectivity index (χ2n) is 3.59. The molecule has 72 valence electrons. The Balaban J connectivity index is 3.01. The highest BCUT2D eigenvalue weighted by atomic mass is 19.1. The number of hydrogen-bond acceptors (Lipinski definition) is 2. The molecular weight excluding hydrogens is 167 g/mol. The molecule has 0 radical (unpaired) electrons. The normalized spacial score (nSPS) is 13.3. The van der Waals surface area contributed by atoms with E-state index in [4.69, 9.17) is 11.5 Å². The lowest BCUT2D eigenvalue weighted by molar-refractivity contribution is 0.510. The molecule has 0 amide bonds. The summed E-state index contributed by atoms with van der Waals surface area (Å²) in [5, 5.41) is 0. The number of anilines is 1. The smallest absolute Gasteiger partial charge is 0.125 e. The van der Waals surface area contributed by atoms with E-state index in [1.807, 2.05) is 13.8 Å². The lowest BCUT2D eigenvalue weighted by Gasteiger charge is -2.16. The highest BCUT2D eigenvalue weighted by Gasteiger charge is 2.11. The van der Waals surface area contributed by atoms with Crippen molar-refractivity contribution in [1.29, 1.82) is 0 Å². The van der Waals surface area contributed by atoms with E-state index < -0.39 is 0 Å². The topological polar surface area (TPSA) is 52.0 Å². The summed E-state index contributed by atoms with van der Waals surface area (Å²) in [4.78, 5) is 0. The molecule has 0 saturated heterocycles. The zero-order valence-electron chi connectivity index (χ0n) is 7.92. The van der Waals surface area contributed by atoms with Crippen LogP contribution >= 0.6 is 0 Å². The molecule has 2 nitrogen and oxygen atoms in total. The first kappa shape index (κ1) is 9.99. The van der Waals surface area contributed by atoms with Crippen LogP contribution in [-0.2, 0) is 0 Å². The molecule has 3 heteroatoms. The average molecular weight is 182 g/mol. The Morgan fingerprint density at radius 2 is 1.85 bits per heavy atom. The molecule has 4 N–H and O–H groups in total. The third-order valence-electron chi connectivity index (χ3n) is 2.05. The van der Waals surface area contributed by atoms with Crippen molar-refractivity contribution in [3.05, 3.63) is 29.6 Å². The SMILES string of the molecule is CC(C)C(N)c1cc(N)cc(F)c1. The predicted octanol–water partition coefficient (Wildman–Crippen LogP) is 2.06. The Kier molecular flexibility index (Phi) is 2.88. The van der Waals surface area contributed by atoms with E-state index in [0.717, 1.165) is 5.56 Å². The van der Waals surface area contributed by atoms with Crippen LogP contribution < -0.4 is 11.5 Å². The molecule has 0 aliphatic rings. The number of rotatable bonds is 2. The van der Waals surface area contributed by atoms with Crippen LogP contribution in [0, 0.1) is 11.7 Å². The molecule has 1 aromatic carbocycles. The number of benzene rings is 1. The van der Waals surface area contributed by atoms with Gasteiger partial charge in [-0.1, -0.05) is 13.8 Å². The van der Waals surface area contributed by atoms with Crippen LogP contribution in [0.3, 0.4) is 0 Å². The molecule has 0 saturated carbocycles. The van der Waals surface area contributed by atoms with Crippen LogP contribution in [0.1, 0.15) is 25.5 Å². The van der Waals surface area contributed by atoms with Crippen LogP contribution in [0.25, 0.3) is 0 Å². The molecular formula is C10H15FN2. The lowest BCUT2D eigenvalue weighted by atomic mass is 9.97. The summed E-state index contributed by atoms with van der Waals surface area (Å²) in [5.74, 6) is -0.0488. The lowest BCUT2D eigenvalue weighted by Crippen LogP contribution is -2.17. The maximum absolute atomic E-state index is 12.9. The maximum atomic E-state index is 12.9. The minimum atomic E-state index is -0.328. The van der Waals surface area contributed by atoms with Gasteiger partial charge in [-0.25, -0.2) is 4.39 Å². The number of hydrogen-bond donors (Lipinski definition) is 2. The van der Waals surface area contributed by atoms with Gasteiger partial charge < -0.3 is 11.5 Å². The quantitative estimate of drug-likeness (QED) is 0.688. The van der Waals surface area contributed by atoms with Gasteiger partial charge in [0, 0.05) is 11.7 Å². The van der Waals surface area contributed by atoms with Crippen LogP contribution in [-0.4, -0.2) is 0 Å². The van der Waals surface area contributed by atoms with Crippen molar-refractivity contribution in [2.45, 2.75) is 19.9 Å². The fourth-order valence-electron chi connectivity index (χ4n) is 1.21. The van der Waals surface area contributed by atoms with Crippen molar-refractivity contribution < 1.29 is 4.39 Å². The second-order valence-corrected chi connectivity index (χ2v) is 3.59. The number of halogens is 1. The average Bonchev–Trinajstić information content (AvgIpc) is 2.01. The molecule has 0 aliphatic carbocycles. The predicted molar refractivity (Wildman–Crippen MR) is 52.6 cm³/mol. The van der Waals surface area contributed by atoms with Crippen molar-refractivity contribution in [3.63, 3.8) is 0 Å². The monoisotopic (exact) mass is 182 g/mol. The Morgan fingerprint density at radius 3 is 2.31 bits per heavy atom. The van der Waals surface area contributed by atoms with Crippen molar-refractivity contribution in [3.8, 4) is 0 Å². The van der Waals surface area contributed by atoms with Crippen molar-refractivity contribution in [2.24, 2.45) is 11.7 Å². The van der Waals surface area contributed by atoms with Gasteiger partial charge in [0.25, 0.3) is 0 Å². The van der Waals surface area contributed by atoms with E-state index in [0.29, 0.717) is 5.69 Å². The molecule has 0 aromatic heterocycles. The van der Waals surface area contributed by atoms with Gasteiger partial charge in [0.15, 0.2) is 0 Å². The van der Waals surface area contributed by atoms with Gasteiger partial charge in [-0.2, -0.15) is 0 Å². The van der Waals surface area contributed by atoms with Crippen molar-refractivity contribution in [2.75, 3.05) is 5.73 Å². The summed E-state index contributed by atoms with van der Waals surface area (Å²) in [6.45, 7) is 3.98. The van der Waals surface area contributed by atoms with Gasteiger partial charge in [-0.05, 0) is 29.7 Å². The molecule has 1 rings (SSSR count). The minimum Gasteiger partial charge on any atom is -0.399 e. The summed E-state index contributed by atoms with van der Waals surface area (Å²) in [6, 6.07) is 4.28. The maximum Gasteiger partial charge on any atom is 0.125 e. The summed E-state index contributed by atoms with van der Waals surface area (Å²) >= 11 is 0. The molecule has 0 bridgehead atoms. The number of nitrogen functional groups attached to an aromatic ring is 1. The third-order valence-corrected chi connectivity index (χ3v) is 2.05. The fourth-order valence-corrected chi connectivity index (χ4v) is 1.21. The van der Waals surface area contributed by atoms with E-state index in [1.165, 1.54) is 12.1 Å². The van der Waals surface area contributed by atoms with Crippen LogP contribution in [0.4, 0.5) is 10.1 Å². The van der Waals surface area contributed by atoms with Gasteiger partial charge in [-0.3, -0.25) is 0 Å². The molecule has 13 heavy (non-hydrogen) atoms. The minimum absolute atomic E-state index is 0.155. The first-order valence-electron chi connectivity index (χ1n) is 4.32. The first-order valence-corrected chi connectivity index (χ1v) is 4.32. The Hall–Kier alpha value is -1.09. The van der Waals surface area contributed by atoms with Crippen molar-refractivity contribution in [1.82, 2.24) is 0 Å². The highest BCUT2D eigenvalue weighted by Crippen LogP contribution is 2.21. The molecule has 1 atom stereocenters. The second kappa shape index (κ2) is 3.75. The van der Waals surface area contributed by atoms with Gasteiger partial charge in [0.1, 0.15) is 5.82 Å². The van der Waals surface area contributed by atoms with Crippen LogP contribution in [0.15, 0.2) is 18.2 Å². The van der Waals surface area contributed by atoms with E-state index in [1.54, 1.807) is 6.07 Å². The Bertz CT molecular complexity index is 277. The summed E-state index contributed by atoms with van der Waals surface area (Å²) in [5.41, 5.74) is 12.5. The van der Waals surface area contributed by atoms with Gasteiger partial charge in [-0.15, -0.1) is 0 Å². The van der Waals surface area contributed by atoms with Gasteiger partial charge in [0.05, 0.1) is 0 Å². The zero-order chi connectivity index (χ0) is 10.0. The molecule has 0 heterocycles. The largest absolute Gasteiger partial charge is 0.399 e. The van der Waals surface area contributed by atoms with Crippen molar-refractivity contribution >= 4 is 5.69 Å². The molecule has 0 spiro atoms. The zero-order valence-corrected chi connectivity index (χ0v) is 7.92. The fraction of sp³-hybridized carbons (Fsp3) is 0.400. The van der Waals surface area contributed by atoms with E-state index >= 15 is 0 Å². The van der Waals surface area contributed by atoms with E-state index in [9.17, 15) is 4.39 Å². The standard InChI is InChI=1S/C10H15FN2/c1-6(2)10(13)7-3-8(11)5-9(12)4-7/h3-6,10H,12-13H2,1-2H3. The van der Waals surface area contributed by atoms with Gasteiger partial charge in [0.2, 0.25) is 0 Å². The first-order chi connectivity index (χ1) is 6.00. The molecule has 1 aromatic rings. The highest BCUT2D eigenvalue weighted by molar-refractivity contribution is 5.42. The van der Waals surface area contributed by atoms with Crippen LogP contribution in [0.2, 0.25) is 0 Å². The Labute approximate surface area is 77.7 Å². The summed E-state index contributed by atoms with van der Waals surface area (Å²) in [7, 11) is 0. The van der Waals surface area contributed by atoms with E-state index in [2.05, 4.69) is 0 Å². The van der Waals surface area contributed by atoms with Gasteiger partial charge >= 0.3 is 0 Å². The summed E-state index contributed by atoms with van der Waals surface area (Å²) in [6.07, 6.45) is 0. The molecule has 0 aliphatic heterocycles. The Morgan fingerprint density at radius 1 is 1.23 bits per heavy atom. The molecule has 1 unspecified atom stereocenters. The van der Waals surface area contributed by atoms with E-state index in [-0.39, 0.29) is 17.8 Å². The van der Waals surface area contributed by atoms with Crippen LogP contribution in [0.5, 0.6) is 0 Å². The third kappa shape index (κ3) is 2.42.